The Morgan fingerprint density at radius 1 is 0.426 bits per heavy atom. The molecule has 27 heteroatoms. The lowest BCUT2D eigenvalue weighted by Gasteiger charge is -2.29. The fourth-order valence-electron chi connectivity index (χ4n) is 12.9. The van der Waals surface area contributed by atoms with Crippen LogP contribution in [0.5, 0.6) is 0 Å². The van der Waals surface area contributed by atoms with E-state index >= 15 is 0 Å². The summed E-state index contributed by atoms with van der Waals surface area (Å²) < 4.78 is 119. The standard InChI is InChI=1S/C16H11F3N2O.C16H14N2O.C15H9F3N2O2.C15H12N2O2.C10H20.C9H8N2O.C7H4BrF3/c1-10(22)11-5-6-15-12(7-11)9-21(20-15)14-4-2-3-13(8-14)16(17,18)19;1-11-4-3-5-15(8-11)18-16-7-6-13(12(2)19)9-14(16)10-17-18;16-15(17,18)11-2-1-3-12(7-11)20-8-10-6-9(14(21)22)4-5-13(10)19-20;1-10-3-2-4-13(7-10)17-14-6-5-11(15(18)19)8-12(14)9-16-17;1-3-9-7-5-6-8-10(9)4-2;1-6(12)7-2-3-9-8(4-7)5-10-11-9;8-6-3-1-2-5(4-6)7(9,10)11/h2-9H,1H3;3-10H,1-2H3;1-8H,(H,21,22);2-9H,1H3,(H,18,19);9-10H,3-8H2,1-2H3;2-5H,1H3,(H,10,11);1-4H/t;;;;9-,10+;;. The number of hydrogen-bond donors (Lipinski definition) is 3. The van der Waals surface area contributed by atoms with E-state index < -0.39 is 47.2 Å². The lowest BCUT2D eigenvalue weighted by atomic mass is 9.77. The van der Waals surface area contributed by atoms with Crippen LogP contribution in [0, 0.1) is 25.7 Å². The predicted molar refractivity (Wildman–Crippen MR) is 429 cm³/mol. The molecule has 0 aliphatic heterocycles. The van der Waals surface area contributed by atoms with Crippen molar-refractivity contribution in [2.45, 2.75) is 106 Å². The summed E-state index contributed by atoms with van der Waals surface area (Å²) in [5.74, 6) is 0.216. The zero-order valence-electron chi connectivity index (χ0n) is 63.2. The van der Waals surface area contributed by atoms with E-state index in [0.29, 0.717) is 37.5 Å². The molecule has 1 fully saturated rings. The average Bonchev–Trinajstić information content (AvgIpc) is 1.71. The number of halogens is 10. The van der Waals surface area contributed by atoms with Gasteiger partial charge in [-0.3, -0.25) is 19.5 Å². The number of carboxylic acids is 2. The van der Waals surface area contributed by atoms with Gasteiger partial charge in [-0.15, -0.1) is 0 Å². The van der Waals surface area contributed by atoms with E-state index in [-0.39, 0.29) is 34.2 Å². The number of nitrogens with zero attached hydrogens (tertiary/aromatic N) is 9. The molecule has 16 rings (SSSR count). The Morgan fingerprint density at radius 2 is 0.791 bits per heavy atom. The number of carboxylic acid groups (broad SMARTS) is 2. The monoisotopic (exact) mass is 1640 g/mol. The second-order valence-corrected chi connectivity index (χ2v) is 28.1. The number of hydrogen-bond acceptors (Lipinski definition) is 10. The first-order chi connectivity index (χ1) is 54.6. The fraction of sp³-hybridized carbons (Fsp3) is 0.205. The van der Waals surface area contributed by atoms with Crippen molar-refractivity contribution >= 4 is 99.7 Å². The number of alkyl halides is 9. The summed E-state index contributed by atoms with van der Waals surface area (Å²) >= 11 is 2.95. The number of carbonyl (C=O) groups excluding carboxylic acids is 3. The van der Waals surface area contributed by atoms with Gasteiger partial charge in [-0.1, -0.05) is 111 Å². The first-order valence-corrected chi connectivity index (χ1v) is 37.1. The van der Waals surface area contributed by atoms with Crippen LogP contribution in [0.4, 0.5) is 39.5 Å². The Morgan fingerprint density at radius 3 is 1.20 bits per heavy atom. The molecule has 0 unspecified atom stereocenters. The molecule has 0 radical (unpaired) electrons. The SMILES string of the molecule is CC(=O)c1ccc2[nH]ncc2c1.CC(=O)c1ccc2c(cnn2-c2cccc(C)c2)c1.CC(=O)c1ccc2nn(-c3cccc(C(F)(F)F)c3)cc2c1.CC[C@@H]1CCCC[C@@H]1CC.Cc1cccc(-n2ncc3cc(C(=O)O)ccc32)c1.FC(F)(F)c1cccc(Br)c1.O=C(O)c1ccc2nn(-c3cccc(C(F)(F)F)c3)cc2c1. The van der Waals surface area contributed by atoms with Gasteiger partial charge in [0.15, 0.2) is 17.3 Å². The van der Waals surface area contributed by atoms with Crippen LogP contribution in [0.15, 0.2) is 248 Å². The number of fused-ring (bicyclic) bond motifs is 5. The molecule has 0 spiro atoms. The van der Waals surface area contributed by atoms with Gasteiger partial charge in [0, 0.05) is 60.5 Å². The molecular weight excluding hydrogens is 1560 g/mol. The summed E-state index contributed by atoms with van der Waals surface area (Å²) in [6, 6.07) is 56.4. The molecule has 0 saturated heterocycles. The Balaban J connectivity index is 0.000000144. The highest BCUT2D eigenvalue weighted by Crippen LogP contribution is 2.36. The van der Waals surface area contributed by atoms with Crippen LogP contribution >= 0.6 is 15.9 Å². The molecule has 0 bridgehead atoms. The molecule has 17 nitrogen and oxygen atoms in total. The topological polar surface area (TPSA) is 226 Å². The Kier molecular flexibility index (Phi) is 27.5. The third-order valence-corrected chi connectivity index (χ3v) is 19.4. The maximum atomic E-state index is 12.8. The third-order valence-electron chi connectivity index (χ3n) is 18.9. The number of aromatic amines is 1. The normalized spacial score (nSPS) is 13.3. The maximum Gasteiger partial charge on any atom is 0.416 e. The van der Waals surface area contributed by atoms with Gasteiger partial charge in [-0.25, -0.2) is 28.3 Å². The van der Waals surface area contributed by atoms with Crippen molar-refractivity contribution in [2.75, 3.05) is 0 Å². The summed E-state index contributed by atoms with van der Waals surface area (Å²) in [6.07, 6.45) is 4.06. The molecule has 115 heavy (non-hydrogen) atoms. The molecule has 0 amide bonds. The Labute approximate surface area is 662 Å². The van der Waals surface area contributed by atoms with Crippen molar-refractivity contribution in [1.29, 1.82) is 0 Å². The van der Waals surface area contributed by atoms with Crippen molar-refractivity contribution in [1.82, 2.24) is 49.3 Å². The molecule has 15 aromatic rings. The minimum atomic E-state index is -4.43. The van der Waals surface area contributed by atoms with Crippen molar-refractivity contribution in [3.8, 4) is 22.7 Å². The van der Waals surface area contributed by atoms with Crippen LogP contribution < -0.4 is 0 Å². The number of rotatable bonds is 11. The molecule has 5 aromatic heterocycles. The molecule has 10 aromatic carbocycles. The Bertz CT molecular complexity index is 5690. The van der Waals surface area contributed by atoms with E-state index in [2.05, 4.69) is 79.4 Å². The number of benzene rings is 10. The molecule has 3 N–H and O–H groups in total. The van der Waals surface area contributed by atoms with Crippen LogP contribution in [-0.2, 0) is 18.5 Å². The lowest BCUT2D eigenvalue weighted by Crippen LogP contribution is -2.17. The van der Waals surface area contributed by atoms with Crippen LogP contribution in [0.25, 0.3) is 77.3 Å². The van der Waals surface area contributed by atoms with Gasteiger partial charge >= 0.3 is 30.5 Å². The number of carbonyl (C=O) groups is 5. The van der Waals surface area contributed by atoms with Crippen molar-refractivity contribution in [3.63, 3.8) is 0 Å². The number of Topliss-reactive ketones (excluding diaryl/α,β-unsaturated/α-hetero) is 3. The van der Waals surface area contributed by atoms with Crippen LogP contribution in [-0.4, -0.2) is 88.8 Å². The number of aryl methyl sites for hydroxylation is 2. The minimum Gasteiger partial charge on any atom is -0.478 e. The van der Waals surface area contributed by atoms with Gasteiger partial charge in [0.1, 0.15) is 0 Å². The average molecular weight is 1640 g/mol. The van der Waals surface area contributed by atoms with E-state index in [4.69, 9.17) is 10.2 Å². The first kappa shape index (κ1) is 84.8. The maximum absolute atomic E-state index is 12.8. The Hall–Kier alpha value is -12.7. The van der Waals surface area contributed by atoms with E-state index in [1.54, 1.807) is 93.2 Å². The zero-order valence-corrected chi connectivity index (χ0v) is 64.8. The lowest BCUT2D eigenvalue weighted by molar-refractivity contribution is -0.138. The van der Waals surface area contributed by atoms with Gasteiger partial charge in [-0.2, -0.15) is 65.0 Å². The number of aromatic carboxylic acids is 2. The molecule has 2 atom stereocenters. The van der Waals surface area contributed by atoms with Gasteiger partial charge in [-0.05, 0) is 227 Å². The smallest absolute Gasteiger partial charge is 0.416 e. The van der Waals surface area contributed by atoms with Crippen molar-refractivity contribution < 1.29 is 73.7 Å². The largest absolute Gasteiger partial charge is 0.478 e. The molecule has 1 aliphatic rings. The number of H-pyrrole nitrogens is 1. The number of ketones is 3. The zero-order chi connectivity index (χ0) is 83.1. The first-order valence-electron chi connectivity index (χ1n) is 36.3. The molecule has 1 aliphatic carbocycles. The minimum absolute atomic E-state index is 0.0743. The summed E-state index contributed by atoms with van der Waals surface area (Å²) in [5.41, 5.74) is 9.13. The predicted octanol–water partition coefficient (Wildman–Crippen LogP) is 23.4. The van der Waals surface area contributed by atoms with Gasteiger partial charge < -0.3 is 10.2 Å². The number of nitrogens with one attached hydrogen (secondary N) is 1. The fourth-order valence-corrected chi connectivity index (χ4v) is 13.3. The van der Waals surface area contributed by atoms with Crippen LogP contribution in [0.1, 0.15) is 153 Å². The molecule has 1 saturated carbocycles. The second kappa shape index (κ2) is 37.3. The van der Waals surface area contributed by atoms with Gasteiger partial charge in [0.2, 0.25) is 0 Å². The summed E-state index contributed by atoms with van der Waals surface area (Å²) in [6.45, 7) is 13.4. The number of aromatic nitrogens is 10. The van der Waals surface area contributed by atoms with Crippen molar-refractivity contribution in [3.05, 3.63) is 303 Å². The van der Waals surface area contributed by atoms with Crippen LogP contribution in [0.3, 0.4) is 0 Å². The summed E-state index contributed by atoms with van der Waals surface area (Å²) in [4.78, 5) is 55.6. The van der Waals surface area contributed by atoms with E-state index in [9.17, 15) is 63.5 Å². The van der Waals surface area contributed by atoms with Gasteiger partial charge in [0.25, 0.3) is 0 Å². The van der Waals surface area contributed by atoms with E-state index in [0.717, 1.165) is 109 Å². The van der Waals surface area contributed by atoms with E-state index in [1.807, 2.05) is 83.0 Å². The molecule has 5 heterocycles. The third kappa shape index (κ3) is 22.4. The summed E-state index contributed by atoms with van der Waals surface area (Å²) in [5, 5.41) is 45.8. The van der Waals surface area contributed by atoms with E-state index in [1.165, 1.54) is 109 Å². The van der Waals surface area contributed by atoms with Crippen molar-refractivity contribution in [2.24, 2.45) is 11.8 Å². The highest BCUT2D eigenvalue weighted by Gasteiger charge is 2.33. The van der Waals surface area contributed by atoms with Crippen LogP contribution in [0.2, 0.25) is 0 Å². The van der Waals surface area contributed by atoms with Gasteiger partial charge in [0.05, 0.1) is 96.7 Å². The molecule has 592 valence electrons. The summed E-state index contributed by atoms with van der Waals surface area (Å²) in [7, 11) is 0. The highest BCUT2D eigenvalue weighted by molar-refractivity contribution is 9.10. The quantitative estimate of drug-likeness (QED) is 0.0812. The molecular formula is C88H78BrF9N10O7. The highest BCUT2D eigenvalue weighted by atomic mass is 79.9. The second-order valence-electron chi connectivity index (χ2n) is 27.2.